The smallest absolute Gasteiger partial charge is 0.315 e. The SMILES string of the molecule is CCCN(CC(NC)C1CCCCC1)CC(F)(F)F. The molecule has 0 heterocycles. The molecule has 1 N–H and O–H groups in total. The van der Waals surface area contributed by atoms with Crippen LogP contribution in [0.5, 0.6) is 0 Å². The van der Waals surface area contributed by atoms with Gasteiger partial charge in [0, 0.05) is 12.6 Å². The van der Waals surface area contributed by atoms with Crippen LogP contribution in [-0.2, 0) is 0 Å². The van der Waals surface area contributed by atoms with E-state index in [0.29, 0.717) is 19.0 Å². The summed E-state index contributed by atoms with van der Waals surface area (Å²) in [5.74, 6) is 0.534. The third kappa shape index (κ3) is 6.61. The van der Waals surface area contributed by atoms with Crippen LogP contribution in [0.4, 0.5) is 13.2 Å². The van der Waals surface area contributed by atoms with Crippen molar-refractivity contribution in [2.45, 2.75) is 57.7 Å². The molecule has 1 aliphatic rings. The Balaban J connectivity index is 2.53. The predicted molar refractivity (Wildman–Crippen MR) is 72.2 cm³/mol. The zero-order valence-electron chi connectivity index (χ0n) is 12.1. The molecule has 1 rings (SSSR count). The van der Waals surface area contributed by atoms with Crippen molar-refractivity contribution in [1.29, 1.82) is 0 Å². The first kappa shape index (κ1) is 16.8. The fraction of sp³-hybridized carbons (Fsp3) is 1.00. The lowest BCUT2D eigenvalue weighted by molar-refractivity contribution is -0.147. The second kappa shape index (κ2) is 8.10. The number of rotatable bonds is 7. The first-order chi connectivity index (χ1) is 8.96. The van der Waals surface area contributed by atoms with Crippen molar-refractivity contribution in [2.75, 3.05) is 26.7 Å². The molecule has 0 saturated heterocycles. The topological polar surface area (TPSA) is 15.3 Å². The number of hydrogen-bond acceptors (Lipinski definition) is 2. The molecule has 1 aliphatic carbocycles. The Kier molecular flexibility index (Phi) is 7.15. The minimum atomic E-state index is -4.10. The molecule has 0 aliphatic heterocycles. The lowest BCUT2D eigenvalue weighted by Gasteiger charge is -2.34. The summed E-state index contributed by atoms with van der Waals surface area (Å²) in [6.45, 7) is 2.17. The Hall–Kier alpha value is -0.290. The molecule has 1 atom stereocenters. The number of likely N-dealkylation sites (N-methyl/N-ethyl adjacent to an activating group) is 1. The van der Waals surface area contributed by atoms with E-state index >= 15 is 0 Å². The summed E-state index contributed by atoms with van der Waals surface area (Å²) < 4.78 is 37.7. The molecular formula is C14H27F3N2. The van der Waals surface area contributed by atoms with Crippen molar-refractivity contribution in [3.8, 4) is 0 Å². The van der Waals surface area contributed by atoms with Gasteiger partial charge in [0.15, 0.2) is 0 Å². The highest BCUT2D eigenvalue weighted by Crippen LogP contribution is 2.27. The Morgan fingerprint density at radius 3 is 2.32 bits per heavy atom. The molecule has 0 amide bonds. The van der Waals surface area contributed by atoms with Crippen LogP contribution in [0.15, 0.2) is 0 Å². The van der Waals surface area contributed by atoms with Crippen LogP contribution in [0, 0.1) is 5.92 Å². The van der Waals surface area contributed by atoms with E-state index in [1.54, 1.807) is 4.90 Å². The summed E-state index contributed by atoms with van der Waals surface area (Å²) in [4.78, 5) is 1.55. The number of halogens is 3. The maximum absolute atomic E-state index is 12.6. The molecule has 1 unspecified atom stereocenters. The van der Waals surface area contributed by atoms with Crippen LogP contribution in [-0.4, -0.2) is 43.8 Å². The van der Waals surface area contributed by atoms with E-state index in [4.69, 9.17) is 0 Å². The largest absolute Gasteiger partial charge is 0.401 e. The van der Waals surface area contributed by atoms with Gasteiger partial charge < -0.3 is 5.32 Å². The first-order valence-electron chi connectivity index (χ1n) is 7.42. The van der Waals surface area contributed by atoms with Gasteiger partial charge >= 0.3 is 6.18 Å². The van der Waals surface area contributed by atoms with Gasteiger partial charge in [0.2, 0.25) is 0 Å². The van der Waals surface area contributed by atoms with E-state index in [2.05, 4.69) is 5.32 Å². The Morgan fingerprint density at radius 2 is 1.84 bits per heavy atom. The van der Waals surface area contributed by atoms with Crippen molar-refractivity contribution in [3.05, 3.63) is 0 Å². The Labute approximate surface area is 114 Å². The van der Waals surface area contributed by atoms with Crippen LogP contribution in [0.2, 0.25) is 0 Å². The molecule has 0 spiro atoms. The molecule has 1 fully saturated rings. The molecule has 114 valence electrons. The van der Waals surface area contributed by atoms with E-state index in [1.165, 1.54) is 19.3 Å². The summed E-state index contributed by atoms with van der Waals surface area (Å²) in [6.07, 6.45) is 2.67. The molecule has 2 nitrogen and oxygen atoms in total. The molecule has 0 aromatic heterocycles. The number of nitrogens with zero attached hydrogens (tertiary/aromatic N) is 1. The minimum Gasteiger partial charge on any atom is -0.315 e. The van der Waals surface area contributed by atoms with Crippen molar-refractivity contribution < 1.29 is 13.2 Å². The van der Waals surface area contributed by atoms with E-state index in [-0.39, 0.29) is 6.04 Å². The van der Waals surface area contributed by atoms with E-state index < -0.39 is 12.7 Å². The third-order valence-electron chi connectivity index (χ3n) is 3.99. The molecule has 19 heavy (non-hydrogen) atoms. The third-order valence-corrected chi connectivity index (χ3v) is 3.99. The molecule has 0 bridgehead atoms. The van der Waals surface area contributed by atoms with Crippen LogP contribution in [0.1, 0.15) is 45.4 Å². The summed E-state index contributed by atoms with van der Waals surface area (Å²) in [5.41, 5.74) is 0. The summed E-state index contributed by atoms with van der Waals surface area (Å²) in [5, 5.41) is 3.24. The molecule has 1 saturated carbocycles. The Bertz CT molecular complexity index is 237. The average Bonchev–Trinajstić information content (AvgIpc) is 2.35. The zero-order chi connectivity index (χ0) is 14.3. The fourth-order valence-corrected chi connectivity index (χ4v) is 3.10. The van der Waals surface area contributed by atoms with Gasteiger partial charge in [0.1, 0.15) is 0 Å². The van der Waals surface area contributed by atoms with Gasteiger partial charge in [-0.05, 0) is 38.8 Å². The number of alkyl halides is 3. The minimum absolute atomic E-state index is 0.189. The fourth-order valence-electron chi connectivity index (χ4n) is 3.10. The van der Waals surface area contributed by atoms with Crippen molar-refractivity contribution >= 4 is 0 Å². The van der Waals surface area contributed by atoms with Crippen molar-refractivity contribution in [2.24, 2.45) is 5.92 Å². The van der Waals surface area contributed by atoms with Gasteiger partial charge in [0.05, 0.1) is 6.54 Å². The van der Waals surface area contributed by atoms with Gasteiger partial charge in [-0.1, -0.05) is 26.2 Å². The van der Waals surface area contributed by atoms with Gasteiger partial charge in [-0.15, -0.1) is 0 Å². The van der Waals surface area contributed by atoms with Gasteiger partial charge in [0.25, 0.3) is 0 Å². The first-order valence-corrected chi connectivity index (χ1v) is 7.42. The van der Waals surface area contributed by atoms with Gasteiger partial charge in [-0.2, -0.15) is 13.2 Å². The van der Waals surface area contributed by atoms with Crippen LogP contribution in [0.25, 0.3) is 0 Å². The van der Waals surface area contributed by atoms with Crippen LogP contribution < -0.4 is 5.32 Å². The lowest BCUT2D eigenvalue weighted by Crippen LogP contribution is -2.47. The molecule has 0 aromatic rings. The summed E-state index contributed by atoms with van der Waals surface area (Å²) in [6, 6.07) is 0.189. The molecule has 0 radical (unpaired) electrons. The molecule has 5 heteroatoms. The van der Waals surface area contributed by atoms with Gasteiger partial charge in [-0.3, -0.25) is 4.90 Å². The van der Waals surface area contributed by atoms with Crippen molar-refractivity contribution in [1.82, 2.24) is 10.2 Å². The standard InChI is InChI=1S/C14H27F3N2/c1-3-9-19(11-14(15,16)17)10-13(18-2)12-7-5-4-6-8-12/h12-13,18H,3-11H2,1-2H3. The predicted octanol–water partition coefficient (Wildman–Crippen LogP) is 3.43. The van der Waals surface area contributed by atoms with E-state index in [0.717, 1.165) is 19.3 Å². The van der Waals surface area contributed by atoms with Gasteiger partial charge in [-0.25, -0.2) is 0 Å². The Morgan fingerprint density at radius 1 is 1.21 bits per heavy atom. The maximum atomic E-state index is 12.6. The summed E-state index contributed by atoms with van der Waals surface area (Å²) in [7, 11) is 1.87. The van der Waals surface area contributed by atoms with Crippen LogP contribution >= 0.6 is 0 Å². The normalized spacial score (nSPS) is 19.9. The number of nitrogens with one attached hydrogen (secondary N) is 1. The molecular weight excluding hydrogens is 253 g/mol. The maximum Gasteiger partial charge on any atom is 0.401 e. The second-order valence-corrected chi connectivity index (χ2v) is 5.64. The highest BCUT2D eigenvalue weighted by atomic mass is 19.4. The molecule has 0 aromatic carbocycles. The quantitative estimate of drug-likeness (QED) is 0.768. The highest BCUT2D eigenvalue weighted by Gasteiger charge is 2.32. The monoisotopic (exact) mass is 280 g/mol. The number of hydrogen-bond donors (Lipinski definition) is 1. The van der Waals surface area contributed by atoms with Crippen molar-refractivity contribution in [3.63, 3.8) is 0 Å². The van der Waals surface area contributed by atoms with Crippen LogP contribution in [0.3, 0.4) is 0 Å². The summed E-state index contributed by atoms with van der Waals surface area (Å²) >= 11 is 0. The van der Waals surface area contributed by atoms with E-state index in [9.17, 15) is 13.2 Å². The van der Waals surface area contributed by atoms with E-state index in [1.807, 2.05) is 14.0 Å². The zero-order valence-corrected chi connectivity index (χ0v) is 12.1. The highest BCUT2D eigenvalue weighted by molar-refractivity contribution is 4.82. The lowest BCUT2D eigenvalue weighted by atomic mass is 9.83. The second-order valence-electron chi connectivity index (χ2n) is 5.64. The average molecular weight is 280 g/mol.